The molecule has 0 unspecified atom stereocenters. The molecule has 23 heavy (non-hydrogen) atoms. The Morgan fingerprint density at radius 1 is 1.43 bits per heavy atom. The zero-order valence-electron chi connectivity index (χ0n) is 13.9. The Labute approximate surface area is 136 Å². The molecule has 0 radical (unpaired) electrons. The van der Waals surface area contributed by atoms with Crippen molar-refractivity contribution in [2.24, 2.45) is 5.92 Å². The van der Waals surface area contributed by atoms with E-state index >= 15 is 0 Å². The van der Waals surface area contributed by atoms with Crippen LogP contribution in [0.4, 0.5) is 0 Å². The molecular weight excluding hydrogens is 298 g/mol. The highest BCUT2D eigenvalue weighted by molar-refractivity contribution is 5.94. The highest BCUT2D eigenvalue weighted by Gasteiger charge is 2.35. The molecule has 2 aliphatic heterocycles. The molecule has 128 valence electrons. The van der Waals surface area contributed by atoms with Gasteiger partial charge in [0.1, 0.15) is 11.3 Å². The van der Waals surface area contributed by atoms with E-state index in [-0.39, 0.29) is 12.0 Å². The van der Waals surface area contributed by atoms with Gasteiger partial charge in [-0.25, -0.2) is 0 Å². The summed E-state index contributed by atoms with van der Waals surface area (Å²) in [5, 5.41) is 3.70. The van der Waals surface area contributed by atoms with E-state index < -0.39 is 0 Å². The molecule has 0 aromatic carbocycles. The van der Waals surface area contributed by atoms with Crippen molar-refractivity contribution >= 4 is 5.91 Å². The van der Waals surface area contributed by atoms with Crippen LogP contribution in [0.5, 0.6) is 0 Å². The maximum absolute atomic E-state index is 12.6. The van der Waals surface area contributed by atoms with Crippen molar-refractivity contribution in [3.8, 4) is 0 Å². The molecule has 0 N–H and O–H groups in total. The lowest BCUT2D eigenvalue weighted by Gasteiger charge is -2.38. The van der Waals surface area contributed by atoms with Crippen LogP contribution in [0.3, 0.4) is 0 Å². The first-order chi connectivity index (χ1) is 11.2. The third kappa shape index (κ3) is 3.73. The van der Waals surface area contributed by atoms with E-state index in [2.05, 4.69) is 10.1 Å². The summed E-state index contributed by atoms with van der Waals surface area (Å²) in [4.78, 5) is 16.9. The smallest absolute Gasteiger partial charge is 0.259 e. The number of piperidine rings is 1. The Bertz CT molecular complexity index is 533. The molecule has 2 fully saturated rings. The standard InChI is InChI=1S/C16H25N3O4/c1-12-14(9-17-23-12)16(20)19-4-3-13-10-18(5-7-21-2)6-8-22-15(13)11-19/h9,13,15H,3-8,10-11H2,1-2H3/t13-,15-/m1/s1. The van der Waals surface area contributed by atoms with Crippen molar-refractivity contribution in [1.82, 2.24) is 15.0 Å². The van der Waals surface area contributed by atoms with Crippen molar-refractivity contribution in [2.45, 2.75) is 19.4 Å². The molecular formula is C16H25N3O4. The minimum Gasteiger partial charge on any atom is -0.383 e. The molecule has 3 heterocycles. The third-order valence-corrected chi connectivity index (χ3v) is 4.81. The fourth-order valence-corrected chi connectivity index (χ4v) is 3.40. The van der Waals surface area contributed by atoms with Gasteiger partial charge in [0.2, 0.25) is 0 Å². The first kappa shape index (κ1) is 16.4. The van der Waals surface area contributed by atoms with Gasteiger partial charge in [-0.3, -0.25) is 9.69 Å². The number of hydrogen-bond donors (Lipinski definition) is 0. The van der Waals surface area contributed by atoms with E-state index in [9.17, 15) is 4.79 Å². The predicted octanol–water partition coefficient (Wildman–Crippen LogP) is 0.792. The lowest BCUT2D eigenvalue weighted by molar-refractivity contribution is -0.0171. The second kappa shape index (κ2) is 7.42. The van der Waals surface area contributed by atoms with E-state index in [1.165, 1.54) is 6.20 Å². The number of aryl methyl sites for hydroxylation is 1. The molecule has 1 aromatic heterocycles. The summed E-state index contributed by atoms with van der Waals surface area (Å²) < 4.78 is 16.2. The molecule has 1 aromatic rings. The van der Waals surface area contributed by atoms with Crippen LogP contribution in [0.25, 0.3) is 0 Å². The van der Waals surface area contributed by atoms with Gasteiger partial charge in [0.15, 0.2) is 0 Å². The van der Waals surface area contributed by atoms with Gasteiger partial charge < -0.3 is 18.9 Å². The monoisotopic (exact) mass is 323 g/mol. The Kier molecular flexibility index (Phi) is 5.30. The van der Waals surface area contributed by atoms with Gasteiger partial charge in [0.25, 0.3) is 5.91 Å². The van der Waals surface area contributed by atoms with Gasteiger partial charge >= 0.3 is 0 Å². The van der Waals surface area contributed by atoms with Crippen LogP contribution in [0.15, 0.2) is 10.7 Å². The van der Waals surface area contributed by atoms with Gasteiger partial charge in [-0.15, -0.1) is 0 Å². The van der Waals surface area contributed by atoms with Crippen molar-refractivity contribution in [2.75, 3.05) is 53.0 Å². The second-order valence-corrected chi connectivity index (χ2v) is 6.30. The van der Waals surface area contributed by atoms with Gasteiger partial charge in [-0.05, 0) is 13.3 Å². The van der Waals surface area contributed by atoms with Crippen molar-refractivity contribution < 1.29 is 18.8 Å². The molecule has 0 spiro atoms. The molecule has 2 atom stereocenters. The average Bonchev–Trinajstić information content (AvgIpc) is 2.88. The largest absolute Gasteiger partial charge is 0.383 e. The average molecular weight is 323 g/mol. The molecule has 2 saturated heterocycles. The molecule has 0 aliphatic carbocycles. The molecule has 7 heteroatoms. The summed E-state index contributed by atoms with van der Waals surface area (Å²) in [6.07, 6.45) is 2.58. The normalized spacial score (nSPS) is 25.9. The van der Waals surface area contributed by atoms with Crippen LogP contribution in [-0.2, 0) is 9.47 Å². The fourth-order valence-electron chi connectivity index (χ4n) is 3.40. The molecule has 1 amide bonds. The van der Waals surface area contributed by atoms with E-state index in [1.807, 2.05) is 4.90 Å². The zero-order valence-corrected chi connectivity index (χ0v) is 13.9. The number of carbonyl (C=O) groups excluding carboxylic acids is 1. The number of fused-ring (bicyclic) bond motifs is 1. The topological polar surface area (TPSA) is 68.0 Å². The number of aromatic nitrogens is 1. The highest BCUT2D eigenvalue weighted by atomic mass is 16.5. The first-order valence-electron chi connectivity index (χ1n) is 8.22. The van der Waals surface area contributed by atoms with E-state index in [0.717, 1.165) is 39.2 Å². The zero-order chi connectivity index (χ0) is 16.2. The SMILES string of the molecule is COCCN1CCO[C@@H]2CN(C(=O)c3cnoc3C)CC[C@@H]2C1. The minimum atomic E-state index is -0.00807. The molecule has 2 aliphatic rings. The number of likely N-dealkylation sites (tertiary alicyclic amines) is 1. The van der Waals surface area contributed by atoms with Crippen LogP contribution in [-0.4, -0.2) is 80.0 Å². The van der Waals surface area contributed by atoms with Crippen molar-refractivity contribution in [3.05, 3.63) is 17.5 Å². The summed E-state index contributed by atoms with van der Waals surface area (Å²) in [7, 11) is 1.73. The fraction of sp³-hybridized carbons (Fsp3) is 0.750. The van der Waals surface area contributed by atoms with Crippen LogP contribution >= 0.6 is 0 Å². The maximum Gasteiger partial charge on any atom is 0.259 e. The van der Waals surface area contributed by atoms with Gasteiger partial charge in [-0.2, -0.15) is 0 Å². The minimum absolute atomic E-state index is 0.00807. The van der Waals surface area contributed by atoms with Gasteiger partial charge in [0, 0.05) is 45.8 Å². The Balaban J connectivity index is 1.60. The summed E-state index contributed by atoms with van der Waals surface area (Å²) in [5.74, 6) is 1.04. The first-order valence-corrected chi connectivity index (χ1v) is 8.22. The van der Waals surface area contributed by atoms with E-state index in [0.29, 0.717) is 30.4 Å². The second-order valence-electron chi connectivity index (χ2n) is 6.30. The van der Waals surface area contributed by atoms with E-state index in [4.69, 9.17) is 14.0 Å². The number of carbonyl (C=O) groups is 1. The van der Waals surface area contributed by atoms with Crippen LogP contribution in [0.2, 0.25) is 0 Å². The molecule has 7 nitrogen and oxygen atoms in total. The number of hydrogen-bond acceptors (Lipinski definition) is 6. The predicted molar refractivity (Wildman–Crippen MR) is 83.3 cm³/mol. The summed E-state index contributed by atoms with van der Waals surface area (Å²) in [6.45, 7) is 7.50. The number of nitrogens with zero attached hydrogens (tertiary/aromatic N) is 3. The Morgan fingerprint density at radius 3 is 3.04 bits per heavy atom. The Hall–Kier alpha value is -1.44. The third-order valence-electron chi connectivity index (χ3n) is 4.81. The van der Waals surface area contributed by atoms with Crippen LogP contribution in [0, 0.1) is 12.8 Å². The van der Waals surface area contributed by atoms with Crippen LogP contribution in [0.1, 0.15) is 22.5 Å². The number of rotatable bonds is 4. The summed E-state index contributed by atoms with van der Waals surface area (Å²) >= 11 is 0. The van der Waals surface area contributed by atoms with Gasteiger partial charge in [0.05, 0.1) is 25.5 Å². The summed E-state index contributed by atoms with van der Waals surface area (Å²) in [6, 6.07) is 0. The van der Waals surface area contributed by atoms with Gasteiger partial charge in [-0.1, -0.05) is 5.16 Å². The van der Waals surface area contributed by atoms with Crippen molar-refractivity contribution in [3.63, 3.8) is 0 Å². The molecule has 3 rings (SSSR count). The van der Waals surface area contributed by atoms with E-state index in [1.54, 1.807) is 14.0 Å². The summed E-state index contributed by atoms with van der Waals surface area (Å²) in [5.41, 5.74) is 0.554. The molecule has 0 saturated carbocycles. The Morgan fingerprint density at radius 2 is 2.30 bits per heavy atom. The lowest BCUT2D eigenvalue weighted by atomic mass is 9.93. The number of methoxy groups -OCH3 is 1. The highest BCUT2D eigenvalue weighted by Crippen LogP contribution is 2.25. The maximum atomic E-state index is 12.6. The number of amides is 1. The quantitative estimate of drug-likeness (QED) is 0.816. The van der Waals surface area contributed by atoms with Crippen molar-refractivity contribution in [1.29, 1.82) is 0 Å². The number of ether oxygens (including phenoxy) is 2. The lowest BCUT2D eigenvalue weighted by Crippen LogP contribution is -2.49. The molecule has 0 bridgehead atoms. The van der Waals surface area contributed by atoms with Crippen LogP contribution < -0.4 is 0 Å².